The van der Waals surface area contributed by atoms with E-state index in [0.29, 0.717) is 9.88 Å². The van der Waals surface area contributed by atoms with Gasteiger partial charge in [-0.2, -0.15) is 0 Å². The van der Waals surface area contributed by atoms with Crippen molar-refractivity contribution in [3.8, 4) is 0 Å². The molecule has 0 aliphatic heterocycles. The number of hydrogen-bond acceptors (Lipinski definition) is 6. The molecule has 25 heavy (non-hydrogen) atoms. The minimum atomic E-state index is -0.608. The second-order valence-corrected chi connectivity index (χ2v) is 6.34. The fourth-order valence-corrected chi connectivity index (χ4v) is 2.86. The van der Waals surface area contributed by atoms with Gasteiger partial charge < -0.3 is 19.8 Å². The van der Waals surface area contributed by atoms with Gasteiger partial charge in [-0.1, -0.05) is 13.8 Å². The zero-order valence-electron chi connectivity index (χ0n) is 14.0. The van der Waals surface area contributed by atoms with Crippen LogP contribution in [0.1, 0.15) is 46.9 Å². The molecule has 0 saturated carbocycles. The van der Waals surface area contributed by atoms with Gasteiger partial charge in [-0.3, -0.25) is 9.59 Å². The first-order chi connectivity index (χ1) is 12.0. The van der Waals surface area contributed by atoms with Crippen LogP contribution in [0.4, 0.5) is 5.00 Å². The molecule has 0 bridgehead atoms. The number of amides is 2. The van der Waals surface area contributed by atoms with E-state index < -0.39 is 11.9 Å². The number of ether oxygens (including phenoxy) is 1. The van der Waals surface area contributed by atoms with Gasteiger partial charge in [-0.15, -0.1) is 11.3 Å². The summed E-state index contributed by atoms with van der Waals surface area (Å²) in [5.74, 6) is -1.17. The van der Waals surface area contributed by atoms with Crippen LogP contribution >= 0.6 is 11.3 Å². The molecule has 0 radical (unpaired) electrons. The van der Waals surface area contributed by atoms with Crippen molar-refractivity contribution in [1.82, 2.24) is 5.32 Å². The van der Waals surface area contributed by atoms with Crippen molar-refractivity contribution in [2.75, 3.05) is 11.9 Å². The summed E-state index contributed by atoms with van der Waals surface area (Å²) in [6.07, 6.45) is 3.04. The molecule has 2 amide bonds. The van der Waals surface area contributed by atoms with E-state index in [9.17, 15) is 14.4 Å². The number of anilines is 1. The third kappa shape index (κ3) is 5.46. The van der Waals surface area contributed by atoms with Crippen LogP contribution in [0, 0.1) is 0 Å². The molecule has 0 fully saturated rings. The van der Waals surface area contributed by atoms with Gasteiger partial charge in [-0.25, -0.2) is 4.79 Å². The maximum atomic E-state index is 12.0. The lowest BCUT2D eigenvalue weighted by atomic mass is 10.2. The highest BCUT2D eigenvalue weighted by molar-refractivity contribution is 7.18. The highest BCUT2D eigenvalue weighted by Crippen LogP contribution is 2.23. The third-order valence-corrected chi connectivity index (χ3v) is 4.45. The van der Waals surface area contributed by atoms with Gasteiger partial charge in [0.2, 0.25) is 0 Å². The van der Waals surface area contributed by atoms with Gasteiger partial charge in [0.15, 0.2) is 12.4 Å². The van der Waals surface area contributed by atoms with Crippen LogP contribution in [0.3, 0.4) is 0 Å². The van der Waals surface area contributed by atoms with Crippen molar-refractivity contribution in [2.45, 2.75) is 32.7 Å². The predicted molar refractivity (Wildman–Crippen MR) is 93.8 cm³/mol. The Hall–Kier alpha value is -2.61. The van der Waals surface area contributed by atoms with Crippen LogP contribution in [0.2, 0.25) is 0 Å². The molecule has 0 spiro atoms. The molecule has 2 rings (SSSR count). The summed E-state index contributed by atoms with van der Waals surface area (Å²) in [7, 11) is 0. The third-order valence-electron chi connectivity index (χ3n) is 3.47. The van der Waals surface area contributed by atoms with E-state index in [4.69, 9.17) is 9.15 Å². The van der Waals surface area contributed by atoms with Crippen LogP contribution in [0.25, 0.3) is 0 Å². The van der Waals surface area contributed by atoms with Crippen molar-refractivity contribution in [3.63, 3.8) is 0 Å². The number of furan rings is 1. The molecule has 0 aliphatic carbocycles. The summed E-state index contributed by atoms with van der Waals surface area (Å²) < 4.78 is 9.99. The van der Waals surface area contributed by atoms with Crippen molar-refractivity contribution in [1.29, 1.82) is 0 Å². The zero-order valence-corrected chi connectivity index (χ0v) is 14.9. The van der Waals surface area contributed by atoms with Crippen LogP contribution in [0.15, 0.2) is 34.9 Å². The Labute approximate surface area is 149 Å². The van der Waals surface area contributed by atoms with Crippen LogP contribution in [-0.4, -0.2) is 30.4 Å². The molecule has 0 unspecified atom stereocenters. The first kappa shape index (κ1) is 18.7. The lowest BCUT2D eigenvalue weighted by Crippen LogP contribution is -2.36. The fraction of sp³-hybridized carbons (Fsp3) is 0.353. The molecule has 2 aromatic rings. The topological polar surface area (TPSA) is 97.6 Å². The van der Waals surface area contributed by atoms with E-state index in [0.717, 1.165) is 24.2 Å². The molecule has 0 atom stereocenters. The lowest BCUT2D eigenvalue weighted by Gasteiger charge is -2.14. The molecular formula is C17H20N2O5S. The Morgan fingerprint density at radius 2 is 1.96 bits per heavy atom. The van der Waals surface area contributed by atoms with Gasteiger partial charge in [0, 0.05) is 6.04 Å². The van der Waals surface area contributed by atoms with Crippen LogP contribution < -0.4 is 10.6 Å². The van der Waals surface area contributed by atoms with E-state index in [1.54, 1.807) is 12.1 Å². The molecule has 2 heterocycles. The maximum Gasteiger partial charge on any atom is 0.348 e. The summed E-state index contributed by atoms with van der Waals surface area (Å²) in [6, 6.07) is 6.35. The second-order valence-electron chi connectivity index (χ2n) is 5.25. The van der Waals surface area contributed by atoms with Crippen molar-refractivity contribution in [2.24, 2.45) is 0 Å². The monoisotopic (exact) mass is 364 g/mol. The van der Waals surface area contributed by atoms with Crippen LogP contribution in [-0.2, 0) is 9.53 Å². The van der Waals surface area contributed by atoms with Crippen molar-refractivity contribution in [3.05, 3.63) is 41.2 Å². The summed E-state index contributed by atoms with van der Waals surface area (Å²) >= 11 is 1.06. The van der Waals surface area contributed by atoms with E-state index in [-0.39, 0.29) is 24.3 Å². The number of esters is 1. The molecule has 2 aromatic heterocycles. The number of carbonyl (C=O) groups is 3. The molecule has 2 N–H and O–H groups in total. The summed E-state index contributed by atoms with van der Waals surface area (Å²) in [5.41, 5.74) is 0. The molecule has 8 heteroatoms. The Bertz CT molecular complexity index is 719. The van der Waals surface area contributed by atoms with Gasteiger partial charge in [-0.05, 0) is 37.1 Å². The van der Waals surface area contributed by atoms with E-state index >= 15 is 0 Å². The predicted octanol–water partition coefficient (Wildman–Crippen LogP) is 3.06. The first-order valence-corrected chi connectivity index (χ1v) is 8.76. The lowest BCUT2D eigenvalue weighted by molar-refractivity contribution is -0.125. The summed E-state index contributed by atoms with van der Waals surface area (Å²) in [5, 5.41) is 5.90. The van der Waals surface area contributed by atoms with Crippen molar-refractivity contribution < 1.29 is 23.5 Å². The second kappa shape index (κ2) is 9.03. The zero-order chi connectivity index (χ0) is 18.2. The van der Waals surface area contributed by atoms with E-state index in [2.05, 4.69) is 10.6 Å². The molecular weight excluding hydrogens is 344 g/mol. The highest BCUT2D eigenvalue weighted by Gasteiger charge is 2.16. The number of carbonyl (C=O) groups excluding carboxylic acids is 3. The largest absolute Gasteiger partial charge is 0.459 e. The first-order valence-electron chi connectivity index (χ1n) is 7.94. The number of hydrogen-bond donors (Lipinski definition) is 2. The maximum absolute atomic E-state index is 12.0. The minimum absolute atomic E-state index is 0.0800. The number of nitrogens with one attached hydrogen (secondary N) is 2. The SMILES string of the molecule is CCC(CC)NC(=O)COC(=O)c1ccc(NC(=O)c2ccco2)s1. The Morgan fingerprint density at radius 3 is 2.60 bits per heavy atom. The minimum Gasteiger partial charge on any atom is -0.459 e. The highest BCUT2D eigenvalue weighted by atomic mass is 32.1. The molecule has 0 aromatic carbocycles. The Kier molecular flexibility index (Phi) is 6.76. The summed E-state index contributed by atoms with van der Waals surface area (Å²) in [4.78, 5) is 35.9. The average molecular weight is 364 g/mol. The number of thiophene rings is 1. The van der Waals surface area contributed by atoms with Gasteiger partial charge in [0.1, 0.15) is 4.88 Å². The summed E-state index contributed by atoms with van der Waals surface area (Å²) in [6.45, 7) is 3.62. The average Bonchev–Trinajstić information content (AvgIpc) is 3.29. The van der Waals surface area contributed by atoms with Gasteiger partial charge in [0.25, 0.3) is 11.8 Å². The number of rotatable bonds is 8. The van der Waals surface area contributed by atoms with Gasteiger partial charge in [0.05, 0.1) is 11.3 Å². The molecule has 0 aliphatic rings. The van der Waals surface area contributed by atoms with E-state index in [1.807, 2.05) is 13.8 Å². The van der Waals surface area contributed by atoms with Crippen LogP contribution in [0.5, 0.6) is 0 Å². The standard InChI is InChI=1S/C17H20N2O5S/c1-3-11(4-2)18-14(20)10-24-17(22)13-7-8-15(25-13)19-16(21)12-6-5-9-23-12/h5-9,11H,3-4,10H2,1-2H3,(H,18,20)(H,19,21). The molecule has 134 valence electrons. The van der Waals surface area contributed by atoms with Crippen molar-refractivity contribution >= 4 is 34.1 Å². The smallest absolute Gasteiger partial charge is 0.348 e. The Morgan fingerprint density at radius 1 is 1.20 bits per heavy atom. The normalized spacial score (nSPS) is 10.5. The quantitative estimate of drug-likeness (QED) is 0.702. The fourth-order valence-electron chi connectivity index (χ4n) is 2.06. The molecule has 7 nitrogen and oxygen atoms in total. The van der Waals surface area contributed by atoms with Gasteiger partial charge >= 0.3 is 5.97 Å². The Balaban J connectivity index is 1.83. The van der Waals surface area contributed by atoms with E-state index in [1.165, 1.54) is 18.4 Å². The molecule has 0 saturated heterocycles.